The molecule has 1 aromatic heterocycles. The fraction of sp³-hybridized carbons (Fsp3) is 0.643. The molecule has 18 heavy (non-hydrogen) atoms. The average molecular weight is 264 g/mol. The van der Waals surface area contributed by atoms with Gasteiger partial charge in [0.25, 0.3) is 0 Å². The lowest BCUT2D eigenvalue weighted by molar-refractivity contribution is 0.0503. The van der Waals surface area contributed by atoms with Crippen molar-refractivity contribution in [3.05, 3.63) is 21.9 Å². The van der Waals surface area contributed by atoms with Gasteiger partial charge < -0.3 is 10.0 Å². The Balaban J connectivity index is 1.84. The zero-order valence-corrected chi connectivity index (χ0v) is 11.6. The number of thiophene rings is 1. The lowest BCUT2D eigenvalue weighted by Gasteiger charge is -2.31. The smallest absolute Gasteiger partial charge is 0.100 e. The highest BCUT2D eigenvalue weighted by Gasteiger charge is 2.24. The Morgan fingerprint density at radius 2 is 2.28 bits per heavy atom. The van der Waals surface area contributed by atoms with E-state index in [-0.39, 0.29) is 6.10 Å². The fourth-order valence-corrected chi connectivity index (χ4v) is 3.54. The predicted molar refractivity (Wildman–Crippen MR) is 73.3 cm³/mol. The molecule has 2 unspecified atom stereocenters. The van der Waals surface area contributed by atoms with Crippen LogP contribution in [0.25, 0.3) is 0 Å². The molecule has 0 bridgehead atoms. The van der Waals surface area contributed by atoms with Crippen LogP contribution in [0.4, 0.5) is 0 Å². The van der Waals surface area contributed by atoms with Gasteiger partial charge in [-0.2, -0.15) is 5.26 Å². The van der Waals surface area contributed by atoms with Crippen LogP contribution in [0.15, 0.2) is 11.4 Å². The first-order valence-electron chi connectivity index (χ1n) is 6.53. The molecule has 2 atom stereocenters. The third-order valence-electron chi connectivity index (χ3n) is 3.62. The highest BCUT2D eigenvalue weighted by Crippen LogP contribution is 2.25. The molecule has 0 amide bonds. The van der Waals surface area contributed by atoms with Crippen molar-refractivity contribution in [1.82, 2.24) is 4.90 Å². The van der Waals surface area contributed by atoms with Crippen LogP contribution >= 0.6 is 11.3 Å². The van der Waals surface area contributed by atoms with E-state index in [2.05, 4.69) is 18.0 Å². The van der Waals surface area contributed by atoms with Crippen LogP contribution in [0.1, 0.15) is 36.1 Å². The zero-order chi connectivity index (χ0) is 13.0. The summed E-state index contributed by atoms with van der Waals surface area (Å²) in [6.07, 6.45) is 4.37. The largest absolute Gasteiger partial charge is 0.393 e. The Kier molecular flexibility index (Phi) is 4.76. The lowest BCUT2D eigenvalue weighted by Crippen LogP contribution is -2.34. The quantitative estimate of drug-likeness (QED) is 0.909. The Morgan fingerprint density at radius 3 is 2.94 bits per heavy atom. The van der Waals surface area contributed by atoms with Crippen LogP contribution in [0, 0.1) is 17.2 Å². The highest BCUT2D eigenvalue weighted by atomic mass is 32.1. The maximum absolute atomic E-state index is 9.96. The molecule has 1 fully saturated rings. The van der Waals surface area contributed by atoms with Gasteiger partial charge in [0.2, 0.25) is 0 Å². The molecule has 1 heterocycles. The van der Waals surface area contributed by atoms with E-state index < -0.39 is 0 Å². The van der Waals surface area contributed by atoms with Gasteiger partial charge in [0, 0.05) is 23.3 Å². The summed E-state index contributed by atoms with van der Waals surface area (Å²) in [6.45, 7) is 1.82. The minimum absolute atomic E-state index is 0.126. The van der Waals surface area contributed by atoms with E-state index in [4.69, 9.17) is 5.26 Å². The standard InChI is InChI=1S/C14H20N2OS/c1-16(8-12-4-2-3-5-14(12)17)9-13-6-11(7-15)10-18-13/h6,10,12,14,17H,2-5,8-9H2,1H3. The van der Waals surface area contributed by atoms with Gasteiger partial charge >= 0.3 is 0 Å². The highest BCUT2D eigenvalue weighted by molar-refractivity contribution is 7.10. The second-order valence-corrected chi connectivity index (χ2v) is 6.22. The Morgan fingerprint density at radius 1 is 1.50 bits per heavy atom. The van der Waals surface area contributed by atoms with Crippen molar-refractivity contribution >= 4 is 11.3 Å². The third kappa shape index (κ3) is 3.55. The first-order valence-corrected chi connectivity index (χ1v) is 7.41. The summed E-state index contributed by atoms with van der Waals surface area (Å²) in [6, 6.07) is 4.12. The second-order valence-electron chi connectivity index (χ2n) is 5.22. The molecule has 0 aliphatic heterocycles. The van der Waals surface area contributed by atoms with Crippen LogP contribution < -0.4 is 0 Å². The number of aliphatic hydroxyl groups is 1. The first-order chi connectivity index (χ1) is 8.69. The van der Waals surface area contributed by atoms with Gasteiger partial charge in [-0.1, -0.05) is 12.8 Å². The van der Waals surface area contributed by atoms with Crippen molar-refractivity contribution < 1.29 is 5.11 Å². The molecule has 4 heteroatoms. The summed E-state index contributed by atoms with van der Waals surface area (Å²) < 4.78 is 0. The normalized spacial score (nSPS) is 24.1. The van der Waals surface area contributed by atoms with Crippen molar-refractivity contribution in [1.29, 1.82) is 5.26 Å². The number of hydrogen-bond donors (Lipinski definition) is 1. The summed E-state index contributed by atoms with van der Waals surface area (Å²) in [5.41, 5.74) is 0.751. The molecule has 0 spiro atoms. The molecule has 1 aromatic rings. The van der Waals surface area contributed by atoms with E-state index in [0.717, 1.165) is 37.9 Å². The summed E-state index contributed by atoms with van der Waals surface area (Å²) in [4.78, 5) is 3.48. The van der Waals surface area contributed by atoms with Gasteiger partial charge in [-0.05, 0) is 31.9 Å². The van der Waals surface area contributed by atoms with E-state index >= 15 is 0 Å². The lowest BCUT2D eigenvalue weighted by atomic mass is 9.86. The monoisotopic (exact) mass is 264 g/mol. The molecular weight excluding hydrogens is 244 g/mol. The second kappa shape index (κ2) is 6.33. The molecule has 98 valence electrons. The molecule has 2 rings (SSSR count). The van der Waals surface area contributed by atoms with Gasteiger partial charge in [0.05, 0.1) is 11.7 Å². The van der Waals surface area contributed by atoms with Crippen LogP contribution in [0.2, 0.25) is 0 Å². The molecule has 1 aliphatic carbocycles. The zero-order valence-electron chi connectivity index (χ0n) is 10.8. The topological polar surface area (TPSA) is 47.3 Å². The summed E-state index contributed by atoms with van der Waals surface area (Å²) in [7, 11) is 2.09. The minimum atomic E-state index is -0.126. The maximum Gasteiger partial charge on any atom is 0.100 e. The van der Waals surface area contributed by atoms with Crippen LogP contribution in [-0.2, 0) is 6.54 Å². The van der Waals surface area contributed by atoms with Gasteiger partial charge in [0.15, 0.2) is 0 Å². The summed E-state index contributed by atoms with van der Waals surface area (Å²) in [5, 5.41) is 20.7. The van der Waals surface area contributed by atoms with Crippen molar-refractivity contribution in [2.45, 2.75) is 38.3 Å². The van der Waals surface area contributed by atoms with E-state index in [1.807, 2.05) is 11.4 Å². The Bertz CT molecular complexity index is 424. The van der Waals surface area contributed by atoms with Gasteiger partial charge in [-0.15, -0.1) is 11.3 Å². The molecule has 1 N–H and O–H groups in total. The van der Waals surface area contributed by atoms with Crippen LogP contribution in [0.5, 0.6) is 0 Å². The van der Waals surface area contributed by atoms with E-state index in [1.165, 1.54) is 11.3 Å². The molecule has 1 saturated carbocycles. The van der Waals surface area contributed by atoms with E-state index in [9.17, 15) is 5.11 Å². The third-order valence-corrected chi connectivity index (χ3v) is 4.55. The molecule has 0 aromatic carbocycles. The van der Waals surface area contributed by atoms with Crippen molar-refractivity contribution in [2.24, 2.45) is 5.92 Å². The van der Waals surface area contributed by atoms with Gasteiger partial charge in [0.1, 0.15) is 6.07 Å². The summed E-state index contributed by atoms with van der Waals surface area (Å²) in [5.74, 6) is 0.416. The Labute approximate surface area is 113 Å². The number of aliphatic hydroxyl groups excluding tert-OH is 1. The number of nitriles is 1. The van der Waals surface area contributed by atoms with Crippen molar-refractivity contribution in [3.63, 3.8) is 0 Å². The first kappa shape index (κ1) is 13.5. The Hall–Kier alpha value is -0.890. The molecular formula is C14H20N2OS. The van der Waals surface area contributed by atoms with Crippen LogP contribution in [0.3, 0.4) is 0 Å². The van der Waals surface area contributed by atoms with Crippen LogP contribution in [-0.4, -0.2) is 29.7 Å². The SMILES string of the molecule is CN(Cc1cc(C#N)cs1)CC1CCCCC1O. The number of nitrogens with zero attached hydrogens (tertiary/aromatic N) is 2. The van der Waals surface area contributed by atoms with Gasteiger partial charge in [-0.25, -0.2) is 0 Å². The molecule has 3 nitrogen and oxygen atoms in total. The molecule has 0 saturated heterocycles. The van der Waals surface area contributed by atoms with Gasteiger partial charge in [-0.3, -0.25) is 0 Å². The van der Waals surface area contributed by atoms with Crippen molar-refractivity contribution in [2.75, 3.05) is 13.6 Å². The number of rotatable bonds is 4. The molecule has 0 radical (unpaired) electrons. The molecule has 1 aliphatic rings. The average Bonchev–Trinajstić information content (AvgIpc) is 2.80. The predicted octanol–water partition coefficient (Wildman–Crippen LogP) is 2.60. The fourth-order valence-electron chi connectivity index (χ4n) is 2.65. The summed E-state index contributed by atoms with van der Waals surface area (Å²) >= 11 is 1.64. The van der Waals surface area contributed by atoms with Crippen molar-refractivity contribution in [3.8, 4) is 6.07 Å². The minimum Gasteiger partial charge on any atom is -0.393 e. The number of hydrogen-bond acceptors (Lipinski definition) is 4. The maximum atomic E-state index is 9.96. The van der Waals surface area contributed by atoms with E-state index in [1.54, 1.807) is 11.3 Å². The van der Waals surface area contributed by atoms with E-state index in [0.29, 0.717) is 5.92 Å².